The van der Waals surface area contributed by atoms with Crippen molar-refractivity contribution in [2.24, 2.45) is 0 Å². The molecule has 1 aromatic carbocycles. The van der Waals surface area contributed by atoms with Gasteiger partial charge < -0.3 is 10.1 Å². The number of amides is 1. The molecule has 1 atom stereocenters. The van der Waals surface area contributed by atoms with E-state index in [4.69, 9.17) is 16.3 Å². The van der Waals surface area contributed by atoms with Crippen LogP contribution >= 0.6 is 22.9 Å². The van der Waals surface area contributed by atoms with E-state index in [1.54, 1.807) is 11.3 Å². The molecule has 6 nitrogen and oxygen atoms in total. The van der Waals surface area contributed by atoms with Crippen molar-refractivity contribution in [1.29, 1.82) is 0 Å². The number of non-ortho nitro benzene ring substituents is 1. The van der Waals surface area contributed by atoms with E-state index in [0.29, 0.717) is 0 Å². The molecule has 1 N–H and O–H groups in total. The molecule has 8 heteroatoms. The van der Waals surface area contributed by atoms with Crippen LogP contribution in [0.4, 0.5) is 5.69 Å². The molecule has 0 aliphatic rings. The van der Waals surface area contributed by atoms with Crippen molar-refractivity contribution >= 4 is 34.5 Å². The first-order valence-electron chi connectivity index (χ1n) is 6.37. The Hall–Kier alpha value is -2.12. The van der Waals surface area contributed by atoms with Crippen LogP contribution in [0.25, 0.3) is 0 Å². The number of nitro groups is 1. The van der Waals surface area contributed by atoms with Gasteiger partial charge in [-0.05, 0) is 24.4 Å². The van der Waals surface area contributed by atoms with Crippen molar-refractivity contribution < 1.29 is 14.5 Å². The zero-order valence-corrected chi connectivity index (χ0v) is 13.2. The number of benzene rings is 1. The van der Waals surface area contributed by atoms with Crippen molar-refractivity contribution in [3.63, 3.8) is 0 Å². The lowest BCUT2D eigenvalue weighted by atomic mass is 10.3. The number of hydrogen-bond donors (Lipinski definition) is 1. The lowest BCUT2D eigenvalue weighted by Gasteiger charge is -2.13. The average molecular weight is 341 g/mol. The minimum Gasteiger partial charge on any atom is -0.482 e. The predicted molar refractivity (Wildman–Crippen MR) is 84.5 cm³/mol. The summed E-state index contributed by atoms with van der Waals surface area (Å²) in [6, 6.07) is 7.57. The van der Waals surface area contributed by atoms with E-state index in [9.17, 15) is 14.9 Å². The highest BCUT2D eigenvalue weighted by Crippen LogP contribution is 2.28. The number of nitrogens with one attached hydrogen (secondary N) is 1. The van der Waals surface area contributed by atoms with Crippen LogP contribution in [0.3, 0.4) is 0 Å². The van der Waals surface area contributed by atoms with Gasteiger partial charge in [0.25, 0.3) is 11.6 Å². The molecule has 0 radical (unpaired) electrons. The van der Waals surface area contributed by atoms with Crippen molar-refractivity contribution in [2.45, 2.75) is 13.0 Å². The molecule has 0 saturated heterocycles. The molecule has 116 valence electrons. The van der Waals surface area contributed by atoms with Gasteiger partial charge in [-0.1, -0.05) is 17.7 Å². The normalized spacial score (nSPS) is 11.7. The number of hydrogen-bond acceptors (Lipinski definition) is 5. The van der Waals surface area contributed by atoms with Gasteiger partial charge in [-0.2, -0.15) is 0 Å². The van der Waals surface area contributed by atoms with Crippen LogP contribution in [0.1, 0.15) is 17.8 Å². The third kappa shape index (κ3) is 4.19. The molecular formula is C14H13ClN2O4S. The summed E-state index contributed by atoms with van der Waals surface area (Å²) >= 11 is 7.44. The minimum atomic E-state index is -0.551. The van der Waals surface area contributed by atoms with Crippen LogP contribution in [0.15, 0.2) is 35.7 Å². The molecule has 0 aliphatic heterocycles. The maximum absolute atomic E-state index is 11.8. The second-order valence-corrected chi connectivity index (χ2v) is 5.85. The Morgan fingerprint density at radius 3 is 2.86 bits per heavy atom. The van der Waals surface area contributed by atoms with Gasteiger partial charge in [-0.25, -0.2) is 0 Å². The van der Waals surface area contributed by atoms with E-state index < -0.39 is 4.92 Å². The number of rotatable bonds is 6. The highest BCUT2D eigenvalue weighted by Gasteiger charge is 2.13. The van der Waals surface area contributed by atoms with Gasteiger partial charge in [0, 0.05) is 17.0 Å². The number of thiophene rings is 1. The molecule has 0 fully saturated rings. The maximum Gasteiger partial charge on any atom is 0.271 e. The van der Waals surface area contributed by atoms with E-state index in [1.165, 1.54) is 18.2 Å². The molecule has 0 aliphatic carbocycles. The van der Waals surface area contributed by atoms with Crippen LogP contribution < -0.4 is 10.1 Å². The standard InChI is InChI=1S/C14H13ClN2O4S/c1-9(13-3-2-6-22-13)16-14(18)8-21-12-5-4-10(17(19)20)7-11(12)15/h2-7,9H,8H2,1H3,(H,16,18). The second-order valence-electron chi connectivity index (χ2n) is 4.47. The summed E-state index contributed by atoms with van der Waals surface area (Å²) in [7, 11) is 0. The average Bonchev–Trinajstić information content (AvgIpc) is 3.00. The topological polar surface area (TPSA) is 81.5 Å². The first kappa shape index (κ1) is 16.3. The van der Waals surface area contributed by atoms with Gasteiger partial charge in [-0.15, -0.1) is 11.3 Å². The molecular weight excluding hydrogens is 328 g/mol. The van der Waals surface area contributed by atoms with E-state index in [1.807, 2.05) is 24.4 Å². The van der Waals surface area contributed by atoms with E-state index in [0.717, 1.165) is 4.88 Å². The highest BCUT2D eigenvalue weighted by atomic mass is 35.5. The van der Waals surface area contributed by atoms with Gasteiger partial charge in [0.05, 0.1) is 16.0 Å². The fourth-order valence-electron chi connectivity index (χ4n) is 1.76. The number of carbonyl (C=O) groups excluding carboxylic acids is 1. The summed E-state index contributed by atoms with van der Waals surface area (Å²) in [6.07, 6.45) is 0. The molecule has 2 rings (SSSR count). The van der Waals surface area contributed by atoms with Gasteiger partial charge in [0.15, 0.2) is 6.61 Å². The summed E-state index contributed by atoms with van der Waals surface area (Å²) in [6.45, 7) is 1.66. The first-order chi connectivity index (χ1) is 10.5. The zero-order chi connectivity index (χ0) is 16.1. The smallest absolute Gasteiger partial charge is 0.271 e. The molecule has 1 unspecified atom stereocenters. The Morgan fingerprint density at radius 1 is 1.50 bits per heavy atom. The summed E-state index contributed by atoms with van der Waals surface area (Å²) in [5.74, 6) is -0.0680. The second kappa shape index (κ2) is 7.24. The third-order valence-electron chi connectivity index (χ3n) is 2.83. The van der Waals surface area contributed by atoms with Gasteiger partial charge in [-0.3, -0.25) is 14.9 Å². The lowest BCUT2D eigenvalue weighted by molar-refractivity contribution is -0.384. The number of nitro benzene ring substituents is 1. The Kier molecular flexibility index (Phi) is 5.35. The Balaban J connectivity index is 1.90. The summed E-state index contributed by atoms with van der Waals surface area (Å²) in [5, 5.41) is 15.4. The minimum absolute atomic E-state index is 0.0910. The molecule has 0 bridgehead atoms. The van der Waals surface area contributed by atoms with Crippen molar-refractivity contribution in [3.8, 4) is 5.75 Å². The van der Waals surface area contributed by atoms with Crippen molar-refractivity contribution in [1.82, 2.24) is 5.32 Å². The summed E-state index contributed by atoms with van der Waals surface area (Å²) in [5.41, 5.74) is -0.131. The van der Waals surface area contributed by atoms with E-state index >= 15 is 0 Å². The van der Waals surface area contributed by atoms with Crippen molar-refractivity contribution in [3.05, 3.63) is 55.7 Å². The molecule has 22 heavy (non-hydrogen) atoms. The monoisotopic (exact) mass is 340 g/mol. The van der Waals surface area contributed by atoms with Crippen LogP contribution in [0, 0.1) is 10.1 Å². The fraction of sp³-hybridized carbons (Fsp3) is 0.214. The predicted octanol–water partition coefficient (Wildman–Crippen LogP) is 3.57. The zero-order valence-electron chi connectivity index (χ0n) is 11.6. The quantitative estimate of drug-likeness (QED) is 0.643. The van der Waals surface area contributed by atoms with Gasteiger partial charge >= 0.3 is 0 Å². The largest absolute Gasteiger partial charge is 0.482 e. The molecule has 2 aromatic rings. The number of carbonyl (C=O) groups is 1. The number of nitrogens with zero attached hydrogens (tertiary/aromatic N) is 1. The van der Waals surface area contributed by atoms with Crippen LogP contribution in [-0.4, -0.2) is 17.4 Å². The van der Waals surface area contributed by atoms with Gasteiger partial charge in [0.1, 0.15) is 5.75 Å². The van der Waals surface area contributed by atoms with Crippen molar-refractivity contribution in [2.75, 3.05) is 6.61 Å². The third-order valence-corrected chi connectivity index (χ3v) is 4.18. The molecule has 1 amide bonds. The molecule has 0 saturated carbocycles. The van der Waals surface area contributed by atoms with E-state index in [-0.39, 0.29) is 35.0 Å². The SMILES string of the molecule is CC(NC(=O)COc1ccc([N+](=O)[O-])cc1Cl)c1cccs1. The molecule has 0 spiro atoms. The Morgan fingerprint density at radius 2 is 2.27 bits per heavy atom. The molecule has 1 heterocycles. The lowest BCUT2D eigenvalue weighted by Crippen LogP contribution is -2.30. The van der Waals surface area contributed by atoms with Crippen LogP contribution in [0.5, 0.6) is 5.75 Å². The molecule has 1 aromatic heterocycles. The summed E-state index contributed by atoms with van der Waals surface area (Å²) < 4.78 is 5.29. The summed E-state index contributed by atoms with van der Waals surface area (Å²) in [4.78, 5) is 22.9. The van der Waals surface area contributed by atoms with Crippen LogP contribution in [0.2, 0.25) is 5.02 Å². The van der Waals surface area contributed by atoms with E-state index in [2.05, 4.69) is 5.32 Å². The Labute approximate surface area is 135 Å². The maximum atomic E-state index is 11.8. The van der Waals surface area contributed by atoms with Crippen LogP contribution in [-0.2, 0) is 4.79 Å². The van der Waals surface area contributed by atoms with Gasteiger partial charge in [0.2, 0.25) is 0 Å². The Bertz CT molecular complexity index is 675. The fourth-order valence-corrected chi connectivity index (χ4v) is 2.72. The number of ether oxygens (including phenoxy) is 1. The highest BCUT2D eigenvalue weighted by molar-refractivity contribution is 7.10. The number of halogens is 1. The first-order valence-corrected chi connectivity index (χ1v) is 7.62.